The van der Waals surface area contributed by atoms with E-state index in [1.165, 1.54) is 16.4 Å². The van der Waals surface area contributed by atoms with Gasteiger partial charge in [0.25, 0.3) is 0 Å². The van der Waals surface area contributed by atoms with Gasteiger partial charge in [-0.05, 0) is 55.7 Å². The van der Waals surface area contributed by atoms with Crippen molar-refractivity contribution < 1.29 is 9.53 Å². The van der Waals surface area contributed by atoms with Crippen LogP contribution >= 0.6 is 11.8 Å². The lowest BCUT2D eigenvalue weighted by atomic mass is 9.99. The second kappa shape index (κ2) is 9.73. The molecule has 1 saturated heterocycles. The molecule has 2 aromatic rings. The summed E-state index contributed by atoms with van der Waals surface area (Å²) in [4.78, 5) is 14.7. The number of nitrogen functional groups attached to an aromatic ring is 1. The molecule has 1 aromatic carbocycles. The first kappa shape index (κ1) is 22.5. The zero-order valence-electron chi connectivity index (χ0n) is 18.6. The van der Waals surface area contributed by atoms with Crippen molar-refractivity contribution in [3.05, 3.63) is 35.2 Å². The minimum absolute atomic E-state index is 0.133. The number of carbonyl (C=O) groups excluding carboxylic acids is 1. The third-order valence-electron chi connectivity index (χ3n) is 5.61. The quantitative estimate of drug-likeness (QED) is 0.531. The monoisotopic (exact) mass is 431 g/mol. The van der Waals surface area contributed by atoms with E-state index in [0.29, 0.717) is 22.8 Å². The summed E-state index contributed by atoms with van der Waals surface area (Å²) in [5, 5.41) is 8.62. The second-order valence-electron chi connectivity index (χ2n) is 8.52. The Morgan fingerprint density at radius 2 is 1.97 bits per heavy atom. The lowest BCUT2D eigenvalue weighted by Crippen LogP contribution is -2.41. The van der Waals surface area contributed by atoms with Crippen LogP contribution < -0.4 is 10.6 Å². The molecule has 164 valence electrons. The summed E-state index contributed by atoms with van der Waals surface area (Å²) in [5.41, 5.74) is 2.28. The third kappa shape index (κ3) is 5.28. The number of aromatic nitrogens is 3. The molecule has 1 fully saturated rings. The van der Waals surface area contributed by atoms with Crippen LogP contribution in [-0.2, 0) is 11.4 Å². The fourth-order valence-electron chi connectivity index (χ4n) is 3.57. The van der Waals surface area contributed by atoms with Crippen molar-refractivity contribution in [3.8, 4) is 5.75 Å². The van der Waals surface area contributed by atoms with Gasteiger partial charge < -0.3 is 15.5 Å². The van der Waals surface area contributed by atoms with Crippen LogP contribution in [0.3, 0.4) is 0 Å². The maximum Gasteiger partial charge on any atom is 0.235 e. The zero-order valence-corrected chi connectivity index (χ0v) is 19.4. The molecule has 3 rings (SSSR count). The molecule has 30 heavy (non-hydrogen) atoms. The number of likely N-dealkylation sites (tertiary alicyclic amines) is 1. The van der Waals surface area contributed by atoms with Crippen molar-refractivity contribution in [2.75, 3.05) is 18.9 Å². The molecule has 0 bridgehead atoms. The van der Waals surface area contributed by atoms with Crippen LogP contribution in [0.25, 0.3) is 0 Å². The Balaban J connectivity index is 1.62. The molecule has 1 atom stereocenters. The molecule has 0 saturated carbocycles. The molecular weight excluding hydrogens is 398 g/mol. The topological polar surface area (TPSA) is 86.3 Å². The highest BCUT2D eigenvalue weighted by Crippen LogP contribution is 2.29. The molecule has 2 N–H and O–H groups in total. The highest BCUT2D eigenvalue weighted by Gasteiger charge is 2.26. The van der Waals surface area contributed by atoms with Gasteiger partial charge in [-0.3, -0.25) is 4.79 Å². The summed E-state index contributed by atoms with van der Waals surface area (Å²) in [6, 6.07) is 6.21. The molecule has 0 radical (unpaired) electrons. The van der Waals surface area contributed by atoms with Crippen molar-refractivity contribution in [3.63, 3.8) is 0 Å². The molecule has 7 nitrogen and oxygen atoms in total. The van der Waals surface area contributed by atoms with Gasteiger partial charge in [0.05, 0.1) is 5.25 Å². The first-order chi connectivity index (χ1) is 14.3. The number of carbonyl (C=O) groups is 1. The number of aryl methyl sites for hydroxylation is 1. The minimum Gasteiger partial charge on any atom is -0.485 e. The average Bonchev–Trinajstić information content (AvgIpc) is 3.05. The van der Waals surface area contributed by atoms with E-state index in [-0.39, 0.29) is 17.8 Å². The molecule has 2 heterocycles. The van der Waals surface area contributed by atoms with Crippen LogP contribution in [0.15, 0.2) is 23.4 Å². The van der Waals surface area contributed by atoms with Crippen molar-refractivity contribution in [2.45, 2.75) is 70.4 Å². The average molecular weight is 432 g/mol. The fraction of sp³-hybridized carbons (Fsp3) is 0.591. The number of piperidine rings is 1. The lowest BCUT2D eigenvalue weighted by Gasteiger charge is -2.31. The van der Waals surface area contributed by atoms with E-state index in [1.807, 2.05) is 24.8 Å². The van der Waals surface area contributed by atoms with E-state index in [2.05, 4.69) is 43.1 Å². The van der Waals surface area contributed by atoms with Crippen LogP contribution in [0.1, 0.15) is 63.4 Å². The maximum atomic E-state index is 12.8. The second-order valence-corrected chi connectivity index (χ2v) is 9.83. The summed E-state index contributed by atoms with van der Waals surface area (Å²) in [7, 11) is 0. The Morgan fingerprint density at radius 3 is 2.63 bits per heavy atom. The standard InChI is InChI=1S/C22H33N5O2S/c1-14(2)18-7-6-16(4)12-19(18)29-13-20-24-25-22(27(20)23)30-17(5)21(28)26-10-8-15(3)9-11-26/h6-7,12,14-15,17H,8-11,13,23H2,1-5H3/t17-/m0/s1. The number of thioether (sulfide) groups is 1. The Hall–Kier alpha value is -2.22. The Bertz CT molecular complexity index is 874. The Labute approximate surface area is 183 Å². The van der Waals surface area contributed by atoms with Crippen LogP contribution in [0.2, 0.25) is 0 Å². The van der Waals surface area contributed by atoms with E-state index in [9.17, 15) is 4.79 Å². The number of ether oxygens (including phenoxy) is 1. The minimum atomic E-state index is -0.261. The maximum absolute atomic E-state index is 12.8. The van der Waals surface area contributed by atoms with Crippen molar-refractivity contribution >= 4 is 17.7 Å². The van der Waals surface area contributed by atoms with Crippen molar-refractivity contribution in [1.82, 2.24) is 19.8 Å². The number of nitrogens with zero attached hydrogens (tertiary/aromatic N) is 4. The molecule has 0 unspecified atom stereocenters. The number of benzene rings is 1. The van der Waals surface area contributed by atoms with Gasteiger partial charge in [0.1, 0.15) is 12.4 Å². The van der Waals surface area contributed by atoms with Crippen LogP contribution in [-0.4, -0.2) is 44.0 Å². The van der Waals surface area contributed by atoms with Gasteiger partial charge in [-0.2, -0.15) is 0 Å². The number of hydrogen-bond donors (Lipinski definition) is 1. The van der Waals surface area contributed by atoms with Crippen LogP contribution in [0.4, 0.5) is 0 Å². The first-order valence-corrected chi connectivity index (χ1v) is 11.5. The number of nitrogens with two attached hydrogens (primary N) is 1. The SMILES string of the molecule is Cc1ccc(C(C)C)c(OCc2nnc(S[C@@H](C)C(=O)N3CCC(C)CC3)n2N)c1. The summed E-state index contributed by atoms with van der Waals surface area (Å²) < 4.78 is 7.46. The van der Waals surface area contributed by atoms with E-state index < -0.39 is 0 Å². The van der Waals surface area contributed by atoms with Crippen LogP contribution in [0, 0.1) is 12.8 Å². The molecular formula is C22H33N5O2S. The smallest absolute Gasteiger partial charge is 0.235 e. The van der Waals surface area contributed by atoms with Crippen LogP contribution in [0.5, 0.6) is 5.75 Å². The molecule has 1 amide bonds. The van der Waals surface area contributed by atoms with Crippen molar-refractivity contribution in [1.29, 1.82) is 0 Å². The van der Waals surface area contributed by atoms with Gasteiger partial charge in [0.2, 0.25) is 11.1 Å². The molecule has 1 aliphatic rings. The molecule has 0 spiro atoms. The van der Waals surface area contributed by atoms with Gasteiger partial charge in [-0.25, -0.2) is 4.68 Å². The van der Waals surface area contributed by atoms with Gasteiger partial charge >= 0.3 is 0 Å². The normalized spacial score (nSPS) is 16.1. The highest BCUT2D eigenvalue weighted by molar-refractivity contribution is 8.00. The van der Waals surface area contributed by atoms with Gasteiger partial charge in [-0.1, -0.05) is 44.7 Å². The van der Waals surface area contributed by atoms with E-state index in [4.69, 9.17) is 10.6 Å². The largest absolute Gasteiger partial charge is 0.485 e. The van der Waals surface area contributed by atoms with Gasteiger partial charge in [0.15, 0.2) is 5.82 Å². The first-order valence-electron chi connectivity index (χ1n) is 10.6. The number of rotatable bonds is 7. The third-order valence-corrected chi connectivity index (χ3v) is 6.65. The summed E-state index contributed by atoms with van der Waals surface area (Å²) in [5.74, 6) is 8.75. The lowest BCUT2D eigenvalue weighted by molar-refractivity contribution is -0.131. The molecule has 1 aliphatic heterocycles. The molecule has 1 aromatic heterocycles. The summed E-state index contributed by atoms with van der Waals surface area (Å²) in [6.07, 6.45) is 2.13. The summed E-state index contributed by atoms with van der Waals surface area (Å²) >= 11 is 1.34. The highest BCUT2D eigenvalue weighted by atomic mass is 32.2. The molecule has 8 heteroatoms. The van der Waals surface area contributed by atoms with E-state index in [0.717, 1.165) is 42.8 Å². The molecule has 0 aliphatic carbocycles. The fourth-order valence-corrected chi connectivity index (χ4v) is 4.44. The van der Waals surface area contributed by atoms with Gasteiger partial charge in [-0.15, -0.1) is 10.2 Å². The Kier molecular flexibility index (Phi) is 7.28. The predicted octanol–water partition coefficient (Wildman–Crippen LogP) is 3.74. The van der Waals surface area contributed by atoms with Crippen molar-refractivity contribution in [2.24, 2.45) is 5.92 Å². The predicted molar refractivity (Wildman–Crippen MR) is 120 cm³/mol. The number of hydrogen-bond acceptors (Lipinski definition) is 6. The van der Waals surface area contributed by atoms with E-state index >= 15 is 0 Å². The summed E-state index contributed by atoms with van der Waals surface area (Å²) in [6.45, 7) is 12.3. The Morgan fingerprint density at radius 1 is 1.27 bits per heavy atom. The number of amides is 1. The van der Waals surface area contributed by atoms with E-state index in [1.54, 1.807) is 0 Å². The van der Waals surface area contributed by atoms with Gasteiger partial charge in [0, 0.05) is 13.1 Å². The zero-order chi connectivity index (χ0) is 21.8.